The molecule has 0 aliphatic rings. The zero-order valence-electron chi connectivity index (χ0n) is 38.2. The van der Waals surface area contributed by atoms with Crippen molar-refractivity contribution in [1.82, 2.24) is 36.9 Å². The molecule has 0 saturated heterocycles. The van der Waals surface area contributed by atoms with Crippen molar-refractivity contribution in [2.75, 3.05) is 18.8 Å². The highest BCUT2D eigenvalue weighted by atomic mass is 32.1. The van der Waals surface area contributed by atoms with Crippen molar-refractivity contribution >= 4 is 82.8 Å². The van der Waals surface area contributed by atoms with E-state index in [9.17, 15) is 48.6 Å². The van der Waals surface area contributed by atoms with Gasteiger partial charge in [-0.25, -0.2) is 4.79 Å². The summed E-state index contributed by atoms with van der Waals surface area (Å²) in [7, 11) is 0. The maximum atomic E-state index is 14.2. The molecule has 2 aromatic rings. The van der Waals surface area contributed by atoms with E-state index in [-0.39, 0.29) is 68.8 Å². The highest BCUT2D eigenvalue weighted by molar-refractivity contribution is 7.80. The lowest BCUT2D eigenvalue weighted by atomic mass is 9.99. The lowest BCUT2D eigenvalue weighted by molar-refractivity contribution is -0.142. The van der Waals surface area contributed by atoms with Gasteiger partial charge in [0.1, 0.15) is 36.3 Å². The molecule has 24 nitrogen and oxygen atoms in total. The number of carbonyl (C=O) groups is 8. The van der Waals surface area contributed by atoms with E-state index in [0.717, 1.165) is 10.9 Å². The number of guanidine groups is 2. The van der Waals surface area contributed by atoms with Gasteiger partial charge in [0.05, 0.1) is 6.04 Å². The van der Waals surface area contributed by atoms with Crippen molar-refractivity contribution < 1.29 is 48.6 Å². The Bertz CT molecular complexity index is 2070. The first-order valence-corrected chi connectivity index (χ1v) is 22.5. The number of hydrogen-bond donors (Lipinski definition) is 15. The number of carboxylic acids is 2. The number of aliphatic imine (C=N–C) groups is 2. The van der Waals surface area contributed by atoms with E-state index in [4.69, 9.17) is 28.7 Å². The molecule has 1 heterocycles. The van der Waals surface area contributed by atoms with Gasteiger partial charge in [0.15, 0.2) is 11.9 Å². The molecule has 2 rings (SSSR count). The number of nitrogens with one attached hydrogen (secondary N) is 7. The first kappa shape index (κ1) is 56.5. The van der Waals surface area contributed by atoms with E-state index in [1.54, 1.807) is 38.2 Å². The van der Waals surface area contributed by atoms with Crippen LogP contribution in [-0.2, 0) is 44.8 Å². The summed E-state index contributed by atoms with van der Waals surface area (Å²) in [6.07, 6.45) is 1.03. The highest BCUT2D eigenvalue weighted by Gasteiger charge is 2.35. The van der Waals surface area contributed by atoms with Gasteiger partial charge in [-0.3, -0.25) is 43.5 Å². The number of thiol groups is 1. The van der Waals surface area contributed by atoms with Gasteiger partial charge in [-0.05, 0) is 62.0 Å². The normalized spacial score (nSPS) is 14.3. The summed E-state index contributed by atoms with van der Waals surface area (Å²) in [5.74, 6) is -8.83. The van der Waals surface area contributed by atoms with E-state index in [0.29, 0.717) is 12.0 Å². The summed E-state index contributed by atoms with van der Waals surface area (Å²) in [5, 5.41) is 35.5. The molecule has 1 aromatic carbocycles. The van der Waals surface area contributed by atoms with Crippen molar-refractivity contribution in [2.45, 2.75) is 121 Å². The van der Waals surface area contributed by atoms with Gasteiger partial charge >= 0.3 is 11.9 Å². The lowest BCUT2D eigenvalue weighted by Crippen LogP contribution is -2.61. The summed E-state index contributed by atoms with van der Waals surface area (Å²) in [4.78, 5) is 117. The first-order chi connectivity index (χ1) is 31.5. The molecule has 0 unspecified atom stereocenters. The maximum Gasteiger partial charge on any atom is 0.326 e. The number of aromatic nitrogens is 1. The zero-order chi connectivity index (χ0) is 50.4. The molecule has 7 atom stereocenters. The van der Waals surface area contributed by atoms with E-state index in [1.165, 1.54) is 0 Å². The maximum absolute atomic E-state index is 14.2. The largest absolute Gasteiger partial charge is 0.481 e. The molecule has 0 aliphatic heterocycles. The van der Waals surface area contributed by atoms with Crippen LogP contribution in [0.25, 0.3) is 10.9 Å². The number of fused-ring (bicyclic) bond motifs is 1. The summed E-state index contributed by atoms with van der Waals surface area (Å²) >= 11 is 4.16. The topological polar surface area (TPSA) is 420 Å². The standard InChI is InChI=1S/C42H68N14O10S/c1-21(2)17-25(43)34(59)55-31(20-67)38(63)52-28(13-14-32(57)58)35(60)51-27(11-7-15-48-41(44)45)36(61)56-33(22(3)4)39(64)54-30(18-23-19-50-26-10-6-5-9-24(23)26)37(62)53-29(40(65)66)12-8-16-49-42(46)47/h5-6,9-10,19,21-22,25,27-31,33,50,67H,7-8,11-18,20,43H2,1-4H3,(H,51,60)(H,52,63)(H,53,62)(H,54,64)(H,55,59)(H,56,61)(H,57,58)(H,65,66)(H4,44,45,48)(H4,46,47,49)/t25-,27-,28-,29-,30-,31-,33-/m0/s1. The van der Waals surface area contributed by atoms with E-state index < -0.39 is 108 Å². The lowest BCUT2D eigenvalue weighted by Gasteiger charge is -2.29. The third kappa shape index (κ3) is 20.2. The number of rotatable bonds is 30. The Morgan fingerprint density at radius 3 is 1.69 bits per heavy atom. The highest BCUT2D eigenvalue weighted by Crippen LogP contribution is 2.20. The molecule has 0 spiro atoms. The number of para-hydroxylation sites is 1. The van der Waals surface area contributed by atoms with Crippen LogP contribution in [0.15, 0.2) is 40.4 Å². The number of hydrogen-bond acceptors (Lipinski definition) is 12. The predicted molar refractivity (Wildman–Crippen MR) is 254 cm³/mol. The van der Waals surface area contributed by atoms with Crippen LogP contribution >= 0.6 is 12.6 Å². The smallest absolute Gasteiger partial charge is 0.326 e. The second-order valence-electron chi connectivity index (χ2n) is 16.7. The summed E-state index contributed by atoms with van der Waals surface area (Å²) in [6.45, 7) is 7.08. The Morgan fingerprint density at radius 1 is 0.657 bits per heavy atom. The summed E-state index contributed by atoms with van der Waals surface area (Å²) in [6, 6.07) is -2.05. The van der Waals surface area contributed by atoms with Crippen LogP contribution < -0.4 is 60.6 Å². The quantitative estimate of drug-likeness (QED) is 0.0169. The summed E-state index contributed by atoms with van der Waals surface area (Å²) < 4.78 is 0. The fraction of sp³-hybridized carbons (Fsp3) is 0.571. The monoisotopic (exact) mass is 960 g/mol. The van der Waals surface area contributed by atoms with E-state index >= 15 is 0 Å². The van der Waals surface area contributed by atoms with Gasteiger partial charge in [-0.1, -0.05) is 45.9 Å². The van der Waals surface area contributed by atoms with Crippen molar-refractivity contribution in [2.24, 2.45) is 50.5 Å². The number of amides is 6. The Balaban J connectivity index is 2.44. The van der Waals surface area contributed by atoms with Crippen LogP contribution in [0.3, 0.4) is 0 Å². The molecule has 25 heteroatoms. The average Bonchev–Trinajstić information content (AvgIpc) is 3.66. The molecule has 19 N–H and O–H groups in total. The molecular formula is C42H68N14O10S. The van der Waals surface area contributed by atoms with Crippen molar-refractivity contribution in [3.63, 3.8) is 0 Å². The number of benzene rings is 1. The molecule has 372 valence electrons. The summed E-state index contributed by atoms with van der Waals surface area (Å²) in [5.41, 5.74) is 29.0. The Labute approximate surface area is 394 Å². The van der Waals surface area contributed by atoms with Gasteiger partial charge < -0.3 is 75.8 Å². The molecule has 0 saturated carbocycles. The van der Waals surface area contributed by atoms with Crippen LogP contribution in [0.5, 0.6) is 0 Å². The van der Waals surface area contributed by atoms with Gasteiger partial charge in [-0.2, -0.15) is 12.6 Å². The number of nitrogens with two attached hydrogens (primary N) is 5. The fourth-order valence-corrected chi connectivity index (χ4v) is 7.01. The Kier molecular flexibility index (Phi) is 24.0. The number of carboxylic acid groups (broad SMARTS) is 2. The van der Waals surface area contributed by atoms with Gasteiger partial charge in [0, 0.05) is 48.8 Å². The molecule has 1 aromatic heterocycles. The number of aromatic amines is 1. The molecule has 6 amide bonds. The number of H-pyrrole nitrogens is 1. The van der Waals surface area contributed by atoms with Crippen LogP contribution in [-0.4, -0.2) is 136 Å². The van der Waals surface area contributed by atoms with E-state index in [1.807, 2.05) is 19.9 Å². The average molecular weight is 961 g/mol. The third-order valence-corrected chi connectivity index (χ3v) is 10.6. The number of nitrogens with zero attached hydrogens (tertiary/aromatic N) is 2. The van der Waals surface area contributed by atoms with Crippen molar-refractivity contribution in [3.8, 4) is 0 Å². The SMILES string of the molecule is CC(C)C[C@H](N)C(=O)N[C@@H](CS)C(=O)N[C@@H](CCC(=O)O)C(=O)N[C@@H](CCCN=C(N)N)C(=O)N[C@H](C(=O)N[C@@H](Cc1c[nH]c2ccccc12)C(=O)N[C@@H](CCCN=C(N)N)C(=O)O)C(C)C. The first-order valence-electron chi connectivity index (χ1n) is 21.8. The van der Waals surface area contributed by atoms with Crippen LogP contribution in [0, 0.1) is 11.8 Å². The van der Waals surface area contributed by atoms with Crippen molar-refractivity contribution in [3.05, 3.63) is 36.0 Å². The minimum absolute atomic E-state index is 0.0216. The Hall–Kier alpha value is -6.63. The third-order valence-electron chi connectivity index (χ3n) is 10.3. The van der Waals surface area contributed by atoms with Crippen LogP contribution in [0.2, 0.25) is 0 Å². The molecule has 0 radical (unpaired) electrons. The number of carbonyl (C=O) groups excluding carboxylic acids is 6. The minimum atomic E-state index is -1.53. The molecule has 0 bridgehead atoms. The molecule has 0 fully saturated rings. The van der Waals surface area contributed by atoms with Gasteiger partial charge in [0.25, 0.3) is 0 Å². The molecular weight excluding hydrogens is 893 g/mol. The van der Waals surface area contributed by atoms with Crippen LogP contribution in [0.4, 0.5) is 0 Å². The second-order valence-corrected chi connectivity index (χ2v) is 17.1. The van der Waals surface area contributed by atoms with Crippen molar-refractivity contribution in [1.29, 1.82) is 0 Å². The Morgan fingerprint density at radius 2 is 1.15 bits per heavy atom. The zero-order valence-corrected chi connectivity index (χ0v) is 39.1. The molecule has 67 heavy (non-hydrogen) atoms. The van der Waals surface area contributed by atoms with Crippen LogP contribution in [0.1, 0.15) is 78.2 Å². The van der Waals surface area contributed by atoms with Gasteiger partial charge in [-0.15, -0.1) is 0 Å². The second kappa shape index (κ2) is 28.4. The predicted octanol–water partition coefficient (Wildman–Crippen LogP) is -2.37. The molecule has 0 aliphatic carbocycles. The fourth-order valence-electron chi connectivity index (χ4n) is 6.75. The van der Waals surface area contributed by atoms with E-state index in [2.05, 4.69) is 59.5 Å². The number of aliphatic carboxylic acids is 2. The van der Waals surface area contributed by atoms with Gasteiger partial charge in [0.2, 0.25) is 35.4 Å². The minimum Gasteiger partial charge on any atom is -0.481 e.